The fraction of sp³-hybridized carbons (Fsp3) is 0.409. The number of nitrogens with zero attached hydrogens (tertiary/aromatic N) is 5. The second-order valence-electron chi connectivity index (χ2n) is 7.96. The van der Waals surface area contributed by atoms with Crippen molar-refractivity contribution < 1.29 is 5.11 Å². The molecule has 0 bridgehead atoms. The van der Waals surface area contributed by atoms with Gasteiger partial charge in [0.05, 0.1) is 18.5 Å². The number of aliphatic hydroxyl groups is 1. The first-order chi connectivity index (χ1) is 13.7. The molecule has 6 nitrogen and oxygen atoms in total. The molecule has 1 aliphatic heterocycles. The number of hydrogen-bond donors (Lipinski definition) is 1. The summed E-state index contributed by atoms with van der Waals surface area (Å²) in [5.74, 6) is 1.89. The molecule has 0 unspecified atom stereocenters. The van der Waals surface area contributed by atoms with Gasteiger partial charge in [-0.05, 0) is 32.1 Å². The molecule has 0 spiro atoms. The first-order valence-corrected chi connectivity index (χ1v) is 10.1. The fourth-order valence-corrected chi connectivity index (χ4v) is 4.40. The highest BCUT2D eigenvalue weighted by molar-refractivity contribution is 5.61. The van der Waals surface area contributed by atoms with Crippen LogP contribution in [-0.2, 0) is 19.4 Å². The summed E-state index contributed by atoms with van der Waals surface area (Å²) >= 11 is 0. The van der Waals surface area contributed by atoms with Crippen LogP contribution < -0.4 is 4.90 Å². The summed E-state index contributed by atoms with van der Waals surface area (Å²) in [6.45, 7) is 2.21. The molecule has 1 aromatic carbocycles. The van der Waals surface area contributed by atoms with Crippen molar-refractivity contribution in [3.8, 4) is 11.4 Å². The number of imidazole rings is 1. The van der Waals surface area contributed by atoms with Gasteiger partial charge >= 0.3 is 0 Å². The maximum atomic E-state index is 11.0. The second kappa shape index (κ2) is 7.02. The van der Waals surface area contributed by atoms with Gasteiger partial charge in [0, 0.05) is 42.3 Å². The topological polar surface area (TPSA) is 67.1 Å². The van der Waals surface area contributed by atoms with Crippen molar-refractivity contribution in [2.75, 3.05) is 18.0 Å². The summed E-state index contributed by atoms with van der Waals surface area (Å²) in [4.78, 5) is 16.3. The van der Waals surface area contributed by atoms with Crippen LogP contribution in [0.4, 0.5) is 5.82 Å². The van der Waals surface area contributed by atoms with Crippen LogP contribution in [0.25, 0.3) is 11.4 Å². The van der Waals surface area contributed by atoms with Crippen LogP contribution in [-0.4, -0.2) is 43.3 Å². The highest BCUT2D eigenvalue weighted by Gasteiger charge is 2.34. The molecule has 3 aromatic rings. The van der Waals surface area contributed by atoms with Crippen molar-refractivity contribution in [3.63, 3.8) is 0 Å². The fourth-order valence-electron chi connectivity index (χ4n) is 4.40. The standard InChI is InChI=1S/C22H25N5O/c28-22(15-26-14-11-23-16-26)9-12-27(13-10-22)21-18-7-4-8-19(18)24-20(25-21)17-5-2-1-3-6-17/h1-3,5-6,11,14,16,28H,4,7-10,12-13,15H2. The molecule has 0 saturated carbocycles. The van der Waals surface area contributed by atoms with Gasteiger partial charge in [-0.3, -0.25) is 0 Å². The third-order valence-electron chi connectivity index (χ3n) is 5.97. The summed E-state index contributed by atoms with van der Waals surface area (Å²) in [6.07, 6.45) is 10.1. The zero-order valence-corrected chi connectivity index (χ0v) is 16.0. The van der Waals surface area contributed by atoms with Gasteiger partial charge in [0.2, 0.25) is 0 Å². The van der Waals surface area contributed by atoms with E-state index in [1.807, 2.05) is 29.0 Å². The van der Waals surface area contributed by atoms with E-state index in [9.17, 15) is 5.11 Å². The van der Waals surface area contributed by atoms with Crippen LogP contribution in [0.15, 0.2) is 49.1 Å². The van der Waals surface area contributed by atoms with E-state index in [4.69, 9.17) is 9.97 Å². The molecular formula is C22H25N5O. The Morgan fingerprint density at radius 3 is 2.61 bits per heavy atom. The van der Waals surface area contributed by atoms with Crippen molar-refractivity contribution in [1.29, 1.82) is 0 Å². The van der Waals surface area contributed by atoms with Gasteiger partial charge in [-0.1, -0.05) is 30.3 Å². The Balaban J connectivity index is 1.40. The molecule has 2 aromatic heterocycles. The Kier molecular flexibility index (Phi) is 4.36. The van der Waals surface area contributed by atoms with Crippen LogP contribution in [0.1, 0.15) is 30.5 Å². The van der Waals surface area contributed by atoms with E-state index < -0.39 is 5.60 Å². The molecule has 5 rings (SSSR count). The SMILES string of the molecule is OC1(Cn2ccnc2)CCN(c2nc(-c3ccccc3)nc3c2CCC3)CC1. The minimum absolute atomic E-state index is 0.595. The van der Waals surface area contributed by atoms with E-state index in [2.05, 4.69) is 22.0 Å². The predicted molar refractivity (Wildman–Crippen MR) is 108 cm³/mol. The van der Waals surface area contributed by atoms with Crippen molar-refractivity contribution in [1.82, 2.24) is 19.5 Å². The third kappa shape index (κ3) is 3.29. The summed E-state index contributed by atoms with van der Waals surface area (Å²) < 4.78 is 1.96. The summed E-state index contributed by atoms with van der Waals surface area (Å²) in [7, 11) is 0. The predicted octanol–water partition coefficient (Wildman–Crippen LogP) is 2.86. The van der Waals surface area contributed by atoms with Crippen LogP contribution in [0, 0.1) is 0 Å². The molecule has 144 valence electrons. The number of piperidine rings is 1. The zero-order chi connectivity index (χ0) is 19.0. The molecule has 1 fully saturated rings. The smallest absolute Gasteiger partial charge is 0.161 e. The average Bonchev–Trinajstić information content (AvgIpc) is 3.40. The number of hydrogen-bond acceptors (Lipinski definition) is 5. The lowest BCUT2D eigenvalue weighted by Crippen LogP contribution is -2.47. The second-order valence-corrected chi connectivity index (χ2v) is 7.96. The van der Waals surface area contributed by atoms with Crippen molar-refractivity contribution in [2.24, 2.45) is 0 Å². The van der Waals surface area contributed by atoms with Gasteiger partial charge in [0.25, 0.3) is 0 Å². The maximum absolute atomic E-state index is 11.0. The van der Waals surface area contributed by atoms with E-state index in [0.717, 1.165) is 62.4 Å². The molecule has 2 aliphatic rings. The van der Waals surface area contributed by atoms with Crippen molar-refractivity contribution >= 4 is 5.82 Å². The molecule has 0 amide bonds. The van der Waals surface area contributed by atoms with Gasteiger partial charge in [-0.2, -0.15) is 0 Å². The van der Waals surface area contributed by atoms with Crippen LogP contribution in [0.2, 0.25) is 0 Å². The molecule has 0 atom stereocenters. The average molecular weight is 375 g/mol. The van der Waals surface area contributed by atoms with Crippen LogP contribution >= 0.6 is 0 Å². The molecule has 1 aliphatic carbocycles. The molecule has 6 heteroatoms. The van der Waals surface area contributed by atoms with Gasteiger partial charge < -0.3 is 14.6 Å². The lowest BCUT2D eigenvalue weighted by Gasteiger charge is -2.39. The van der Waals surface area contributed by atoms with E-state index >= 15 is 0 Å². The van der Waals surface area contributed by atoms with E-state index in [0.29, 0.717) is 6.54 Å². The zero-order valence-electron chi connectivity index (χ0n) is 16.0. The molecule has 1 N–H and O–H groups in total. The van der Waals surface area contributed by atoms with Crippen molar-refractivity contribution in [3.05, 3.63) is 60.3 Å². The van der Waals surface area contributed by atoms with Gasteiger partial charge in [-0.25, -0.2) is 15.0 Å². The first kappa shape index (κ1) is 17.4. The lowest BCUT2D eigenvalue weighted by molar-refractivity contribution is -0.000202. The van der Waals surface area contributed by atoms with Gasteiger partial charge in [0.15, 0.2) is 5.82 Å². The molecule has 0 radical (unpaired) electrons. The number of anilines is 1. The normalized spacial score (nSPS) is 18.2. The minimum Gasteiger partial charge on any atom is -0.388 e. The monoisotopic (exact) mass is 375 g/mol. The first-order valence-electron chi connectivity index (χ1n) is 10.1. The number of aryl methyl sites for hydroxylation is 1. The number of aromatic nitrogens is 4. The number of benzene rings is 1. The number of rotatable bonds is 4. The highest BCUT2D eigenvalue weighted by atomic mass is 16.3. The van der Waals surface area contributed by atoms with Crippen LogP contribution in [0.3, 0.4) is 0 Å². The summed E-state index contributed by atoms with van der Waals surface area (Å²) in [5, 5.41) is 11.0. The molecular weight excluding hydrogens is 350 g/mol. The van der Waals surface area contributed by atoms with E-state index in [1.165, 1.54) is 11.3 Å². The van der Waals surface area contributed by atoms with E-state index in [1.54, 1.807) is 12.5 Å². The Morgan fingerprint density at radius 1 is 1.04 bits per heavy atom. The Morgan fingerprint density at radius 2 is 1.86 bits per heavy atom. The molecule has 1 saturated heterocycles. The number of fused-ring (bicyclic) bond motifs is 1. The Hall–Kier alpha value is -2.73. The summed E-state index contributed by atoms with van der Waals surface area (Å²) in [6, 6.07) is 10.2. The molecule has 28 heavy (non-hydrogen) atoms. The largest absolute Gasteiger partial charge is 0.388 e. The lowest BCUT2D eigenvalue weighted by atomic mass is 9.91. The van der Waals surface area contributed by atoms with Gasteiger partial charge in [0.1, 0.15) is 5.82 Å². The van der Waals surface area contributed by atoms with Crippen LogP contribution in [0.5, 0.6) is 0 Å². The Bertz CT molecular complexity index is 947. The quantitative estimate of drug-likeness (QED) is 0.760. The van der Waals surface area contributed by atoms with Gasteiger partial charge in [-0.15, -0.1) is 0 Å². The highest BCUT2D eigenvalue weighted by Crippen LogP contribution is 2.34. The van der Waals surface area contributed by atoms with Crippen molar-refractivity contribution in [2.45, 2.75) is 44.2 Å². The third-order valence-corrected chi connectivity index (χ3v) is 5.97. The molecule has 3 heterocycles. The van der Waals surface area contributed by atoms with E-state index in [-0.39, 0.29) is 0 Å². The minimum atomic E-state index is -0.685. The summed E-state index contributed by atoms with van der Waals surface area (Å²) in [5.41, 5.74) is 2.88. The maximum Gasteiger partial charge on any atom is 0.161 e. The Labute approximate surface area is 164 Å².